The first-order valence-electron chi connectivity index (χ1n) is 8.93. The van der Waals surface area contributed by atoms with Gasteiger partial charge in [-0.25, -0.2) is 0 Å². The predicted octanol–water partition coefficient (Wildman–Crippen LogP) is 2.03. The van der Waals surface area contributed by atoms with Crippen LogP contribution in [0.2, 0.25) is 0 Å². The minimum atomic E-state index is -0.271. The molecular formula is C18H22N4O3. The third-order valence-corrected chi connectivity index (χ3v) is 4.95. The maximum absolute atomic E-state index is 12.7. The van der Waals surface area contributed by atoms with Crippen LogP contribution in [0.25, 0.3) is 11.5 Å². The van der Waals surface area contributed by atoms with Crippen LogP contribution in [0.1, 0.15) is 44.3 Å². The minimum Gasteiger partial charge on any atom is -0.341 e. The molecule has 0 aromatic carbocycles. The third-order valence-electron chi connectivity index (χ3n) is 4.95. The summed E-state index contributed by atoms with van der Waals surface area (Å²) in [5.74, 6) is 1.77. The fourth-order valence-electron chi connectivity index (χ4n) is 3.34. The van der Waals surface area contributed by atoms with Gasteiger partial charge >= 0.3 is 0 Å². The second-order valence-corrected chi connectivity index (χ2v) is 7.17. The van der Waals surface area contributed by atoms with Crippen LogP contribution in [-0.2, 0) is 11.3 Å². The Bertz CT molecular complexity index is 837. The van der Waals surface area contributed by atoms with Crippen LogP contribution < -0.4 is 5.56 Å². The fraction of sp³-hybridized carbons (Fsp3) is 0.556. The lowest BCUT2D eigenvalue weighted by atomic mass is 10.0. The largest absolute Gasteiger partial charge is 0.341 e. The van der Waals surface area contributed by atoms with Crippen LogP contribution in [0.3, 0.4) is 0 Å². The smallest absolute Gasteiger partial charge is 0.263 e. The van der Waals surface area contributed by atoms with Crippen molar-refractivity contribution in [1.82, 2.24) is 19.6 Å². The third kappa shape index (κ3) is 3.36. The lowest BCUT2D eigenvalue weighted by Crippen LogP contribution is -2.42. The van der Waals surface area contributed by atoms with Crippen LogP contribution in [0, 0.1) is 5.92 Å². The first-order chi connectivity index (χ1) is 12.1. The number of rotatable bonds is 4. The molecule has 2 fully saturated rings. The highest BCUT2D eigenvalue weighted by molar-refractivity contribution is 5.76. The van der Waals surface area contributed by atoms with Gasteiger partial charge in [-0.2, -0.15) is 4.98 Å². The zero-order valence-corrected chi connectivity index (χ0v) is 14.4. The molecule has 0 radical (unpaired) electrons. The molecule has 1 saturated heterocycles. The van der Waals surface area contributed by atoms with Crippen LogP contribution in [0.5, 0.6) is 0 Å². The zero-order chi connectivity index (χ0) is 17.4. The molecule has 2 aliphatic rings. The highest BCUT2D eigenvalue weighted by Crippen LogP contribution is 2.38. The summed E-state index contributed by atoms with van der Waals surface area (Å²) in [7, 11) is 0. The van der Waals surface area contributed by atoms with E-state index in [0.717, 1.165) is 38.8 Å². The molecule has 1 aliphatic carbocycles. The van der Waals surface area contributed by atoms with Crippen molar-refractivity contribution < 1.29 is 9.32 Å². The van der Waals surface area contributed by atoms with Crippen molar-refractivity contribution in [2.45, 2.75) is 45.1 Å². The van der Waals surface area contributed by atoms with Gasteiger partial charge in [-0.3, -0.25) is 9.59 Å². The van der Waals surface area contributed by atoms with Gasteiger partial charge in [0, 0.05) is 25.2 Å². The summed E-state index contributed by atoms with van der Waals surface area (Å²) < 4.78 is 6.68. The summed E-state index contributed by atoms with van der Waals surface area (Å²) in [6.07, 6.45) is 5.95. The van der Waals surface area contributed by atoms with Crippen molar-refractivity contribution in [3.8, 4) is 11.5 Å². The van der Waals surface area contributed by atoms with E-state index in [1.807, 2.05) is 4.90 Å². The lowest BCUT2D eigenvalue weighted by molar-refractivity contribution is -0.133. The van der Waals surface area contributed by atoms with Crippen molar-refractivity contribution in [3.63, 3.8) is 0 Å². The number of amides is 1. The Labute approximate surface area is 145 Å². The molecule has 0 bridgehead atoms. The van der Waals surface area contributed by atoms with Crippen molar-refractivity contribution in [2.24, 2.45) is 5.92 Å². The number of nitrogens with zero attached hydrogens (tertiary/aromatic N) is 4. The van der Waals surface area contributed by atoms with Gasteiger partial charge in [-0.1, -0.05) is 12.1 Å². The van der Waals surface area contributed by atoms with E-state index in [-0.39, 0.29) is 23.9 Å². The van der Waals surface area contributed by atoms with E-state index in [1.165, 1.54) is 4.57 Å². The number of hydrogen-bond acceptors (Lipinski definition) is 5. The standard InChI is InChI=1S/C18H22N4O3/c1-12-4-2-8-21(10-12)15(23)11-22-9-3-5-14(18(22)24)17-19-16(20-25-17)13-6-7-13/h3,5,9,12-13H,2,4,6-8,10-11H2,1H3. The Morgan fingerprint density at radius 3 is 2.96 bits per heavy atom. The van der Waals surface area contributed by atoms with Gasteiger partial charge in [0.1, 0.15) is 12.1 Å². The zero-order valence-electron chi connectivity index (χ0n) is 14.4. The van der Waals surface area contributed by atoms with Gasteiger partial charge in [-0.15, -0.1) is 0 Å². The SMILES string of the molecule is CC1CCCN(C(=O)Cn2cccc(-c3nc(C4CC4)no3)c2=O)C1. The number of carbonyl (C=O) groups is 1. The molecule has 25 heavy (non-hydrogen) atoms. The molecule has 132 valence electrons. The van der Waals surface area contributed by atoms with Crippen LogP contribution in [0.4, 0.5) is 0 Å². The van der Waals surface area contributed by atoms with Gasteiger partial charge in [0.05, 0.1) is 0 Å². The fourth-order valence-corrected chi connectivity index (χ4v) is 3.34. The summed E-state index contributed by atoms with van der Waals surface area (Å²) in [4.78, 5) is 31.4. The second-order valence-electron chi connectivity index (χ2n) is 7.17. The van der Waals surface area contributed by atoms with Crippen LogP contribution in [-0.4, -0.2) is 38.6 Å². The lowest BCUT2D eigenvalue weighted by Gasteiger charge is -2.31. The van der Waals surface area contributed by atoms with Crippen molar-refractivity contribution in [2.75, 3.05) is 13.1 Å². The molecule has 0 N–H and O–H groups in total. The number of carbonyl (C=O) groups excluding carboxylic acids is 1. The molecule has 1 saturated carbocycles. The van der Waals surface area contributed by atoms with Gasteiger partial charge in [0.15, 0.2) is 5.82 Å². The number of piperidine rings is 1. The molecule has 4 rings (SSSR count). The van der Waals surface area contributed by atoms with E-state index in [9.17, 15) is 9.59 Å². The molecule has 1 amide bonds. The first-order valence-corrected chi connectivity index (χ1v) is 8.93. The maximum atomic E-state index is 12.7. The molecule has 0 spiro atoms. The molecule has 1 atom stereocenters. The van der Waals surface area contributed by atoms with Crippen molar-refractivity contribution in [1.29, 1.82) is 0 Å². The average Bonchev–Trinajstić information content (AvgIpc) is 3.34. The highest BCUT2D eigenvalue weighted by Gasteiger charge is 2.29. The van der Waals surface area contributed by atoms with E-state index in [1.54, 1.807) is 18.3 Å². The number of pyridine rings is 1. The summed E-state index contributed by atoms with van der Waals surface area (Å²) in [5, 5.41) is 3.96. The topological polar surface area (TPSA) is 81.2 Å². The van der Waals surface area contributed by atoms with Crippen LogP contribution >= 0.6 is 0 Å². The molecule has 7 heteroatoms. The molecule has 2 aromatic rings. The molecule has 7 nitrogen and oxygen atoms in total. The monoisotopic (exact) mass is 342 g/mol. The maximum Gasteiger partial charge on any atom is 0.263 e. The normalized spacial score (nSPS) is 20.7. The minimum absolute atomic E-state index is 0.0185. The van der Waals surface area contributed by atoms with E-state index >= 15 is 0 Å². The highest BCUT2D eigenvalue weighted by atomic mass is 16.5. The Kier molecular flexibility index (Phi) is 4.15. The quantitative estimate of drug-likeness (QED) is 0.849. The van der Waals surface area contributed by atoms with E-state index < -0.39 is 0 Å². The molecule has 2 aromatic heterocycles. The summed E-state index contributed by atoms with van der Waals surface area (Å²) in [5.41, 5.74) is 0.0774. The predicted molar refractivity (Wildman–Crippen MR) is 90.9 cm³/mol. The molecule has 3 heterocycles. The molecule has 1 aliphatic heterocycles. The Hall–Kier alpha value is -2.44. The van der Waals surface area contributed by atoms with Crippen LogP contribution in [0.15, 0.2) is 27.6 Å². The first kappa shape index (κ1) is 16.1. The summed E-state index contributed by atoms with van der Waals surface area (Å²) in [6, 6.07) is 3.40. The van der Waals surface area contributed by atoms with Crippen molar-refractivity contribution in [3.05, 3.63) is 34.5 Å². The Morgan fingerprint density at radius 1 is 1.36 bits per heavy atom. The number of likely N-dealkylation sites (tertiary alicyclic amines) is 1. The van der Waals surface area contributed by atoms with E-state index in [4.69, 9.17) is 4.52 Å². The van der Waals surface area contributed by atoms with Gasteiger partial charge < -0.3 is 14.0 Å². The van der Waals surface area contributed by atoms with E-state index in [0.29, 0.717) is 23.2 Å². The van der Waals surface area contributed by atoms with Crippen molar-refractivity contribution >= 4 is 5.91 Å². The van der Waals surface area contributed by atoms with Gasteiger partial charge in [0.2, 0.25) is 5.91 Å². The Morgan fingerprint density at radius 2 is 2.20 bits per heavy atom. The van der Waals surface area contributed by atoms with Gasteiger partial charge in [0.25, 0.3) is 11.4 Å². The number of aromatic nitrogens is 3. The second kappa shape index (κ2) is 6.46. The summed E-state index contributed by atoms with van der Waals surface area (Å²) >= 11 is 0. The number of hydrogen-bond donors (Lipinski definition) is 0. The average molecular weight is 342 g/mol. The molecule has 1 unspecified atom stereocenters. The van der Waals surface area contributed by atoms with Gasteiger partial charge in [-0.05, 0) is 43.7 Å². The molecular weight excluding hydrogens is 320 g/mol. The van der Waals surface area contributed by atoms with E-state index in [2.05, 4.69) is 17.1 Å². The Balaban J connectivity index is 1.54. The summed E-state index contributed by atoms with van der Waals surface area (Å²) in [6.45, 7) is 3.73.